The van der Waals surface area contributed by atoms with Crippen LogP contribution in [-0.2, 0) is 52.3 Å². The predicted molar refractivity (Wildman–Crippen MR) is 270 cm³/mol. The van der Waals surface area contributed by atoms with Gasteiger partial charge in [0.25, 0.3) is 11.5 Å². The van der Waals surface area contributed by atoms with Crippen LogP contribution in [0.5, 0.6) is 0 Å². The molecule has 7 rings (SSSR count). The van der Waals surface area contributed by atoms with Gasteiger partial charge in [-0.3, -0.25) is 32.3 Å². The van der Waals surface area contributed by atoms with Crippen molar-refractivity contribution in [2.45, 2.75) is 140 Å². The van der Waals surface area contributed by atoms with Gasteiger partial charge in [-0.1, -0.05) is 73.6 Å². The van der Waals surface area contributed by atoms with Crippen LogP contribution in [0.25, 0.3) is 22.2 Å². The van der Waals surface area contributed by atoms with E-state index >= 15 is 13.3 Å². The maximum Gasteiger partial charge on any atom is 0.475 e. The normalized spacial score (nSPS) is 23.7. The Balaban J connectivity index is 1.28. The van der Waals surface area contributed by atoms with Crippen molar-refractivity contribution in [3.05, 3.63) is 77.2 Å². The van der Waals surface area contributed by atoms with E-state index in [9.17, 15) is 34.2 Å². The van der Waals surface area contributed by atoms with Gasteiger partial charge in [0.05, 0.1) is 44.5 Å². The number of halogens is 2. The largest absolute Gasteiger partial charge is 0.475 e. The highest BCUT2D eigenvalue weighted by Gasteiger charge is 2.60. The number of benzene rings is 1. The Morgan fingerprint density at radius 2 is 1.61 bits per heavy atom. The van der Waals surface area contributed by atoms with Gasteiger partial charge in [0.2, 0.25) is 0 Å². The molecule has 24 nitrogen and oxygen atoms in total. The molecule has 410 valence electrons. The minimum absolute atomic E-state index is 0.0256. The van der Waals surface area contributed by atoms with Gasteiger partial charge in [0, 0.05) is 25.4 Å². The lowest BCUT2D eigenvalue weighted by atomic mass is 10.1. The smallest absolute Gasteiger partial charge is 0.414 e. The second kappa shape index (κ2) is 24.0. The van der Waals surface area contributed by atoms with Crippen LogP contribution in [-0.4, -0.2) is 128 Å². The summed E-state index contributed by atoms with van der Waals surface area (Å²) in [5.41, 5.74) is -2.11. The zero-order chi connectivity index (χ0) is 54.7. The number of aryl methyl sites for hydroxylation is 1. The molecule has 2 fully saturated rings. The molecule has 0 aliphatic carbocycles. The maximum absolute atomic E-state index is 16.8. The Bertz CT molecular complexity index is 2970. The highest BCUT2D eigenvalue weighted by molar-refractivity contribution is 7.48. The molecule has 10 atom stereocenters. The molecule has 2 aliphatic rings. The number of phosphoric ester groups is 1. The molecule has 4 aromatic heterocycles. The third-order valence-corrected chi connectivity index (χ3v) is 24.9. The molecule has 2 unspecified atom stereocenters. The first-order valence-electron chi connectivity index (χ1n) is 24.3. The second-order valence-electron chi connectivity index (χ2n) is 19.4. The molecule has 1 amide bonds. The number of hydrogen-bond donors (Lipinski definition) is 4. The number of aliphatic hydroxyl groups is 1. The van der Waals surface area contributed by atoms with Gasteiger partial charge in [-0.25, -0.2) is 33.3 Å². The average Bonchev–Trinajstić information content (AvgIpc) is 4.11. The van der Waals surface area contributed by atoms with Gasteiger partial charge < -0.3 is 51.8 Å². The molecule has 30 heteroatoms. The summed E-state index contributed by atoms with van der Waals surface area (Å²) in [6.07, 6.45) is -9.58. The molecule has 6 heterocycles. The SMILES string of the molecule is CC(C)[Si](O)(O[Si](O[C@H]1[C@@H](OP(=O)(OCCC#N)OC[C@H]2O[C@@H](n3cnc4c(NC(=O)c5ccccc5)ncnc43)[C@H](F)[C@@H]2O[PH](=O)O)[C@H](n2cc(F)c3c(=O)n(C)cnc32)O[C@@H]1CCO)(C(C)C)C(C)C)C(C)C. The van der Waals surface area contributed by atoms with Gasteiger partial charge in [-0.2, -0.15) is 5.26 Å². The molecule has 1 aromatic carbocycles. The number of ether oxygens (including phenoxy) is 2. The highest BCUT2D eigenvalue weighted by atomic mass is 31.2. The van der Waals surface area contributed by atoms with Crippen molar-refractivity contribution in [1.29, 1.82) is 5.26 Å². The van der Waals surface area contributed by atoms with Crippen LogP contribution in [0, 0.1) is 17.1 Å². The van der Waals surface area contributed by atoms with Crippen molar-refractivity contribution in [3.8, 4) is 6.07 Å². The van der Waals surface area contributed by atoms with Crippen LogP contribution in [0.3, 0.4) is 0 Å². The monoisotopic (exact) mass is 1130 g/mol. The van der Waals surface area contributed by atoms with E-state index in [1.54, 1.807) is 30.3 Å². The first-order valence-corrected chi connectivity index (χ1v) is 31.0. The zero-order valence-electron chi connectivity index (χ0n) is 42.7. The Morgan fingerprint density at radius 3 is 2.24 bits per heavy atom. The topological polar surface area (TPSA) is 305 Å². The summed E-state index contributed by atoms with van der Waals surface area (Å²) in [5, 5.41) is 22.3. The van der Waals surface area contributed by atoms with E-state index in [4.69, 9.17) is 36.1 Å². The van der Waals surface area contributed by atoms with Crippen LogP contribution in [0.4, 0.5) is 14.6 Å². The minimum atomic E-state index is -5.20. The fourth-order valence-corrected chi connectivity index (χ4v) is 21.1. The standard InChI is InChI=1S/C45H63F2N9O15P2Si2/c1-25(2)74(63,26(3)4)71-75(27(5)6,28(7)8)70-37-31(16-18-57)66-45(55-20-30(46)33-40(55)52-23-54(9)43(33)59)38(37)69-73(62,64-19-13-17-48)65-21-32-36(68-72(60)61)34(47)44(67-32)56-24-51-35-39(49-22-50-41(35)56)53-42(58)29-14-11-10-12-15-29/h10-12,14-15,20,22-28,31-32,34,36-38,44-45,57,63,72H,13,16,18-19,21H2,1-9H3,(H,60,61)(H,49,50,53,58)/t31-,32-,34-,36-,37-,38-,44-,45-,73?/m1/s1. The van der Waals surface area contributed by atoms with Crippen LogP contribution in [0.15, 0.2) is 60.3 Å². The molecule has 0 bridgehead atoms. The number of nitriles is 1. The van der Waals surface area contributed by atoms with Gasteiger partial charge in [-0.15, -0.1) is 0 Å². The number of aliphatic hydroxyl groups excluding tert-OH is 1. The third-order valence-electron chi connectivity index (χ3n) is 13.2. The number of amides is 1. The number of aromatic nitrogens is 7. The van der Waals surface area contributed by atoms with Crippen molar-refractivity contribution in [2.24, 2.45) is 7.05 Å². The van der Waals surface area contributed by atoms with E-state index < -0.39 is 136 Å². The minimum Gasteiger partial charge on any atom is -0.414 e. The van der Waals surface area contributed by atoms with Crippen LogP contribution in [0.2, 0.25) is 22.2 Å². The molecule has 0 saturated carbocycles. The number of imidazole rings is 1. The predicted octanol–water partition coefficient (Wildman–Crippen LogP) is 6.61. The van der Waals surface area contributed by atoms with E-state index in [-0.39, 0.29) is 46.6 Å². The number of fused-ring (bicyclic) bond motifs is 2. The fraction of sp³-hybridized carbons (Fsp3) is 0.578. The summed E-state index contributed by atoms with van der Waals surface area (Å²) in [4.78, 5) is 65.7. The van der Waals surface area contributed by atoms with E-state index in [1.165, 1.54) is 7.05 Å². The van der Waals surface area contributed by atoms with Gasteiger partial charge >= 0.3 is 33.2 Å². The zero-order valence-corrected chi connectivity index (χ0v) is 46.6. The summed E-state index contributed by atoms with van der Waals surface area (Å²) in [7, 11) is -15.2. The molecule has 0 radical (unpaired) electrons. The molecule has 2 aliphatic heterocycles. The van der Waals surface area contributed by atoms with Crippen LogP contribution < -0.4 is 10.9 Å². The summed E-state index contributed by atoms with van der Waals surface area (Å²) < 4.78 is 114. The Morgan fingerprint density at radius 1 is 0.933 bits per heavy atom. The van der Waals surface area contributed by atoms with E-state index in [0.717, 1.165) is 38.9 Å². The lowest BCUT2D eigenvalue weighted by molar-refractivity contribution is -0.0595. The fourth-order valence-electron chi connectivity index (χ4n) is 9.32. The van der Waals surface area contributed by atoms with Crippen LogP contribution >= 0.6 is 16.1 Å². The lowest BCUT2D eigenvalue weighted by Crippen LogP contribution is -2.62. The summed E-state index contributed by atoms with van der Waals surface area (Å²) in [6.45, 7) is 12.9. The van der Waals surface area contributed by atoms with Crippen molar-refractivity contribution in [2.75, 3.05) is 25.1 Å². The third kappa shape index (κ3) is 12.0. The van der Waals surface area contributed by atoms with Crippen molar-refractivity contribution < 1.29 is 73.6 Å². The van der Waals surface area contributed by atoms with Gasteiger partial charge in [0.1, 0.15) is 36.1 Å². The summed E-state index contributed by atoms with van der Waals surface area (Å²) in [6, 6.07) is 10.1. The number of anilines is 1. The molecular weight excluding hydrogens is 1060 g/mol. The van der Waals surface area contributed by atoms with Gasteiger partial charge in [0.15, 0.2) is 47.1 Å². The highest BCUT2D eigenvalue weighted by Crippen LogP contribution is 2.56. The summed E-state index contributed by atoms with van der Waals surface area (Å²) in [5.74, 6) is -1.55. The maximum atomic E-state index is 16.8. The molecule has 0 spiro atoms. The molecule has 4 N–H and O–H groups in total. The number of carbonyl (C=O) groups excluding carboxylic acids is 1. The first kappa shape index (κ1) is 58.2. The number of nitrogens with zero attached hydrogens (tertiary/aromatic N) is 8. The van der Waals surface area contributed by atoms with Crippen molar-refractivity contribution >= 4 is 67.1 Å². The van der Waals surface area contributed by atoms with E-state index in [1.807, 2.05) is 61.5 Å². The second-order valence-corrected chi connectivity index (χ2v) is 30.4. The van der Waals surface area contributed by atoms with E-state index in [2.05, 4.69) is 25.3 Å². The quantitative estimate of drug-likeness (QED) is 0.0287. The van der Waals surface area contributed by atoms with Crippen molar-refractivity contribution in [1.82, 2.24) is 33.6 Å². The number of rotatable bonds is 24. The lowest BCUT2D eigenvalue weighted by Gasteiger charge is -2.47. The average molecular weight is 1130 g/mol. The molecule has 5 aromatic rings. The number of phosphoric acid groups is 1. The van der Waals surface area contributed by atoms with Crippen molar-refractivity contribution in [3.63, 3.8) is 0 Å². The number of nitrogens with one attached hydrogen (secondary N) is 1. The van der Waals surface area contributed by atoms with E-state index in [0.29, 0.717) is 5.56 Å². The Kier molecular flexibility index (Phi) is 18.6. The Hall–Kier alpha value is -4.54. The number of alkyl halides is 1. The molecule has 75 heavy (non-hydrogen) atoms. The number of hydrogen-bond acceptors (Lipinski definition) is 19. The van der Waals surface area contributed by atoms with Gasteiger partial charge in [-0.05, 0) is 40.7 Å². The summed E-state index contributed by atoms with van der Waals surface area (Å²) >= 11 is 0. The van der Waals surface area contributed by atoms with Crippen LogP contribution in [0.1, 0.15) is 91.0 Å². The Labute approximate surface area is 433 Å². The first-order chi connectivity index (χ1) is 35.5. The molecular formula is C45H63F2N9O15P2Si2. The molecule has 2 saturated heterocycles. The number of carbonyl (C=O) groups is 1.